The standard InChI is InChI=1S/C24H38ClN3O2/c1-7-18(4)24(29)20-10-11-21(25)22(26-5)23(20)28-13-9-12-27(16-28)15-17(3)14-19(8-2)30-6/h8,10-11,14,18,24,26,29H,7,9,12-13,15-16H2,1-6H3/b17-14-,19-8+. The Kier molecular flexibility index (Phi) is 9.53. The maximum Gasteiger partial charge on any atom is 0.114 e. The van der Waals surface area contributed by atoms with E-state index >= 15 is 0 Å². The third-order valence-electron chi connectivity index (χ3n) is 5.88. The minimum absolute atomic E-state index is 0.175. The van der Waals surface area contributed by atoms with Crippen molar-refractivity contribution < 1.29 is 9.84 Å². The molecule has 0 spiro atoms. The van der Waals surface area contributed by atoms with Gasteiger partial charge in [0.05, 0.1) is 36.3 Å². The number of ether oxygens (including phenoxy) is 1. The fraction of sp³-hybridized carbons (Fsp3) is 0.583. The van der Waals surface area contributed by atoms with E-state index in [0.29, 0.717) is 5.02 Å². The van der Waals surface area contributed by atoms with Crippen molar-refractivity contribution in [3.05, 3.63) is 46.2 Å². The van der Waals surface area contributed by atoms with Crippen LogP contribution in [0.15, 0.2) is 35.6 Å². The van der Waals surface area contributed by atoms with Crippen molar-refractivity contribution in [1.29, 1.82) is 0 Å². The van der Waals surface area contributed by atoms with E-state index in [9.17, 15) is 5.11 Å². The van der Waals surface area contributed by atoms with Gasteiger partial charge in [-0.05, 0) is 44.4 Å². The number of nitrogens with zero attached hydrogens (tertiary/aromatic N) is 2. The first-order valence-corrected chi connectivity index (χ1v) is 11.3. The molecule has 0 aliphatic carbocycles. The SMILES string of the molecule is C/C=C(\C=C(\C)CN1CCCN(c2c(C(O)C(C)CC)ccc(Cl)c2NC)C1)OC. The Balaban J connectivity index is 2.32. The number of nitrogens with one attached hydrogen (secondary N) is 1. The smallest absolute Gasteiger partial charge is 0.114 e. The molecule has 5 nitrogen and oxygen atoms in total. The molecule has 30 heavy (non-hydrogen) atoms. The summed E-state index contributed by atoms with van der Waals surface area (Å²) >= 11 is 6.54. The summed E-state index contributed by atoms with van der Waals surface area (Å²) in [4.78, 5) is 4.78. The van der Waals surface area contributed by atoms with E-state index in [2.05, 4.69) is 42.0 Å². The predicted octanol–water partition coefficient (Wildman–Crippen LogP) is 5.43. The molecule has 1 aliphatic rings. The summed E-state index contributed by atoms with van der Waals surface area (Å²) < 4.78 is 5.37. The number of methoxy groups -OCH3 is 1. The number of anilines is 2. The summed E-state index contributed by atoms with van der Waals surface area (Å²) in [5.74, 6) is 1.06. The molecule has 6 heteroatoms. The average Bonchev–Trinajstić information content (AvgIpc) is 2.76. The zero-order chi connectivity index (χ0) is 22.3. The third kappa shape index (κ3) is 5.93. The predicted molar refractivity (Wildman–Crippen MR) is 128 cm³/mol. The Hall–Kier alpha value is -1.69. The van der Waals surface area contributed by atoms with E-state index in [4.69, 9.17) is 16.3 Å². The summed E-state index contributed by atoms with van der Waals surface area (Å²) in [7, 11) is 3.59. The number of aliphatic hydroxyl groups excluding tert-OH is 1. The van der Waals surface area contributed by atoms with Crippen LogP contribution in [0, 0.1) is 5.92 Å². The summed E-state index contributed by atoms with van der Waals surface area (Å²) in [6.07, 6.45) is 5.52. The number of aliphatic hydroxyl groups is 1. The fourth-order valence-electron chi connectivity index (χ4n) is 4.01. The molecule has 1 fully saturated rings. The van der Waals surface area contributed by atoms with Crippen molar-refractivity contribution in [2.24, 2.45) is 5.92 Å². The molecule has 1 aliphatic heterocycles. The molecule has 2 rings (SSSR count). The van der Waals surface area contributed by atoms with Gasteiger partial charge in [0.1, 0.15) is 5.76 Å². The summed E-state index contributed by atoms with van der Waals surface area (Å²) in [6, 6.07) is 3.87. The molecular formula is C24H38ClN3O2. The van der Waals surface area contributed by atoms with Gasteiger partial charge in [-0.2, -0.15) is 0 Å². The molecule has 0 saturated carbocycles. The quantitative estimate of drug-likeness (QED) is 0.400. The van der Waals surface area contributed by atoms with E-state index in [-0.39, 0.29) is 5.92 Å². The highest BCUT2D eigenvalue weighted by Gasteiger charge is 2.27. The molecule has 1 aromatic carbocycles. The van der Waals surface area contributed by atoms with Gasteiger partial charge >= 0.3 is 0 Å². The molecule has 2 unspecified atom stereocenters. The molecule has 168 valence electrons. The average molecular weight is 436 g/mol. The number of rotatable bonds is 9. The van der Waals surface area contributed by atoms with Crippen molar-refractivity contribution in [3.8, 4) is 0 Å². The molecule has 2 atom stereocenters. The Morgan fingerprint density at radius 2 is 2.10 bits per heavy atom. The lowest BCUT2D eigenvalue weighted by Gasteiger charge is -2.40. The molecule has 2 N–H and O–H groups in total. The molecule has 1 heterocycles. The van der Waals surface area contributed by atoms with Crippen LogP contribution in [0.5, 0.6) is 0 Å². The molecule has 0 bridgehead atoms. The van der Waals surface area contributed by atoms with Gasteiger partial charge in [0, 0.05) is 32.2 Å². The minimum atomic E-state index is -0.523. The van der Waals surface area contributed by atoms with Crippen LogP contribution in [0.1, 0.15) is 52.2 Å². The highest BCUT2D eigenvalue weighted by Crippen LogP contribution is 2.42. The van der Waals surface area contributed by atoms with Crippen LogP contribution in [-0.4, -0.2) is 50.5 Å². The first-order valence-electron chi connectivity index (χ1n) is 10.9. The van der Waals surface area contributed by atoms with Gasteiger partial charge in [-0.3, -0.25) is 4.90 Å². The van der Waals surface area contributed by atoms with Crippen molar-refractivity contribution >= 4 is 23.0 Å². The van der Waals surface area contributed by atoms with Crippen molar-refractivity contribution in [2.75, 3.05) is 50.7 Å². The van der Waals surface area contributed by atoms with Crippen LogP contribution in [0.3, 0.4) is 0 Å². The zero-order valence-corrected chi connectivity index (χ0v) is 20.1. The highest BCUT2D eigenvalue weighted by atomic mass is 35.5. The largest absolute Gasteiger partial charge is 0.497 e. The Morgan fingerprint density at radius 3 is 2.70 bits per heavy atom. The number of hydrogen-bond donors (Lipinski definition) is 2. The van der Waals surface area contributed by atoms with E-state index in [1.165, 1.54) is 5.57 Å². The minimum Gasteiger partial charge on any atom is -0.497 e. The van der Waals surface area contributed by atoms with Crippen molar-refractivity contribution in [2.45, 2.75) is 46.6 Å². The first-order chi connectivity index (χ1) is 14.4. The summed E-state index contributed by atoms with van der Waals surface area (Å²) in [6.45, 7) is 12.0. The normalized spacial score (nSPS) is 18.3. The van der Waals surface area contributed by atoms with Gasteiger partial charge in [-0.1, -0.05) is 43.5 Å². The number of allylic oxidation sites excluding steroid dienone is 2. The molecule has 0 radical (unpaired) electrons. The second kappa shape index (κ2) is 11.6. The topological polar surface area (TPSA) is 48.0 Å². The van der Waals surface area contributed by atoms with Crippen molar-refractivity contribution in [3.63, 3.8) is 0 Å². The van der Waals surface area contributed by atoms with Crippen LogP contribution in [0.25, 0.3) is 0 Å². The van der Waals surface area contributed by atoms with Gasteiger partial charge < -0.3 is 20.1 Å². The van der Waals surface area contributed by atoms with Crippen LogP contribution in [-0.2, 0) is 4.74 Å². The van der Waals surface area contributed by atoms with E-state index in [1.54, 1.807) is 7.11 Å². The van der Waals surface area contributed by atoms with Crippen LogP contribution >= 0.6 is 11.6 Å². The Bertz CT molecular complexity index is 763. The second-order valence-electron chi connectivity index (χ2n) is 8.14. The Labute approximate surface area is 187 Å². The molecule has 0 amide bonds. The van der Waals surface area contributed by atoms with Crippen LogP contribution in [0.4, 0.5) is 11.4 Å². The highest BCUT2D eigenvalue weighted by molar-refractivity contribution is 6.34. The van der Waals surface area contributed by atoms with Gasteiger partial charge in [-0.15, -0.1) is 0 Å². The van der Waals surface area contributed by atoms with Gasteiger partial charge in [0.2, 0.25) is 0 Å². The third-order valence-corrected chi connectivity index (χ3v) is 6.20. The zero-order valence-electron chi connectivity index (χ0n) is 19.3. The lowest BCUT2D eigenvalue weighted by molar-refractivity contribution is 0.115. The first kappa shape index (κ1) is 24.6. The van der Waals surface area contributed by atoms with E-state index in [0.717, 1.165) is 61.8 Å². The van der Waals surface area contributed by atoms with E-state index < -0.39 is 6.10 Å². The lowest BCUT2D eigenvalue weighted by Crippen LogP contribution is -2.46. The molecular weight excluding hydrogens is 398 g/mol. The molecule has 1 aromatic rings. The monoisotopic (exact) mass is 435 g/mol. The lowest BCUT2D eigenvalue weighted by atomic mass is 9.93. The van der Waals surface area contributed by atoms with Crippen molar-refractivity contribution in [1.82, 2.24) is 4.90 Å². The van der Waals surface area contributed by atoms with Gasteiger partial charge in [-0.25, -0.2) is 0 Å². The Morgan fingerprint density at radius 1 is 1.37 bits per heavy atom. The number of benzene rings is 1. The maximum absolute atomic E-state index is 11.0. The molecule has 0 aromatic heterocycles. The van der Waals surface area contributed by atoms with E-state index in [1.807, 2.05) is 32.2 Å². The number of hydrogen-bond acceptors (Lipinski definition) is 5. The fourth-order valence-corrected chi connectivity index (χ4v) is 4.26. The number of halogens is 1. The maximum atomic E-state index is 11.0. The summed E-state index contributed by atoms with van der Waals surface area (Å²) in [5, 5.41) is 15.0. The van der Waals surface area contributed by atoms with Crippen LogP contribution < -0.4 is 10.2 Å². The van der Waals surface area contributed by atoms with Gasteiger partial charge in [0.15, 0.2) is 0 Å². The molecule has 1 saturated heterocycles. The van der Waals surface area contributed by atoms with Crippen LogP contribution in [0.2, 0.25) is 5.02 Å². The summed E-state index contributed by atoms with van der Waals surface area (Å²) in [5.41, 5.74) is 4.12. The van der Waals surface area contributed by atoms with Gasteiger partial charge in [0.25, 0.3) is 0 Å². The second-order valence-corrected chi connectivity index (χ2v) is 8.54.